The predicted molar refractivity (Wildman–Crippen MR) is 211 cm³/mol. The van der Waals surface area contributed by atoms with Crippen LogP contribution >= 0.6 is 0 Å². The average Bonchev–Trinajstić information content (AvgIpc) is 3.23. The van der Waals surface area contributed by atoms with Gasteiger partial charge < -0.3 is 31.1 Å². The maximum atomic E-state index is 14.3. The van der Waals surface area contributed by atoms with Crippen LogP contribution in [0.25, 0.3) is 11.1 Å². The maximum absolute atomic E-state index is 14.3. The number of aliphatic carboxylic acids is 1. The first-order chi connectivity index (χ1) is 28.0. The number of nitrogens with one attached hydrogen (secondary N) is 4. The average molecular weight is 789 g/mol. The van der Waals surface area contributed by atoms with Gasteiger partial charge in [-0.15, -0.1) is 0 Å². The lowest BCUT2D eigenvalue weighted by molar-refractivity contribution is -0.142. The van der Waals surface area contributed by atoms with Crippen LogP contribution in [-0.2, 0) is 49.7 Å². The van der Waals surface area contributed by atoms with Crippen LogP contribution in [0.4, 0.5) is 8.78 Å². The van der Waals surface area contributed by atoms with E-state index in [1.165, 1.54) is 18.2 Å². The zero-order valence-corrected chi connectivity index (χ0v) is 31.3. The number of ether oxygens (including phenoxy) is 1. The monoisotopic (exact) mass is 788 g/mol. The molecule has 2 aliphatic rings. The molecule has 0 spiro atoms. The van der Waals surface area contributed by atoms with Gasteiger partial charge >= 0.3 is 5.97 Å². The van der Waals surface area contributed by atoms with Gasteiger partial charge in [-0.25, -0.2) is 13.6 Å². The minimum absolute atomic E-state index is 0.0552. The van der Waals surface area contributed by atoms with Gasteiger partial charge in [0.2, 0.25) is 17.7 Å². The van der Waals surface area contributed by atoms with Crippen molar-refractivity contribution < 1.29 is 42.6 Å². The maximum Gasteiger partial charge on any atom is 0.326 e. The second kappa shape index (κ2) is 19.3. The van der Waals surface area contributed by atoms with Gasteiger partial charge in [-0.1, -0.05) is 103 Å². The topological polar surface area (TPSA) is 163 Å². The van der Waals surface area contributed by atoms with Crippen molar-refractivity contribution in [1.82, 2.24) is 21.3 Å². The van der Waals surface area contributed by atoms with E-state index in [-0.39, 0.29) is 37.0 Å². The van der Waals surface area contributed by atoms with E-state index in [0.29, 0.717) is 17.5 Å². The minimum Gasteiger partial charge on any atom is -0.484 e. The molecule has 4 amide bonds. The largest absolute Gasteiger partial charge is 0.484 e. The van der Waals surface area contributed by atoms with E-state index in [4.69, 9.17) is 4.74 Å². The van der Waals surface area contributed by atoms with Gasteiger partial charge in [-0.2, -0.15) is 0 Å². The Morgan fingerprint density at radius 1 is 0.603 bits per heavy atom. The summed E-state index contributed by atoms with van der Waals surface area (Å²) in [6.07, 6.45) is 0.00700. The molecule has 5 aromatic carbocycles. The molecule has 5 aromatic rings. The number of carboxylic acids is 1. The Morgan fingerprint density at radius 2 is 1.17 bits per heavy atom. The van der Waals surface area contributed by atoms with E-state index in [1.807, 2.05) is 72.8 Å². The zero-order chi connectivity index (χ0) is 41.0. The fourth-order valence-electron chi connectivity index (χ4n) is 6.60. The number of halogens is 2. The van der Waals surface area contributed by atoms with Gasteiger partial charge in [0.05, 0.1) is 0 Å². The number of hydrogen-bond acceptors (Lipinski definition) is 6. The second-order valence-corrected chi connectivity index (χ2v) is 14.0. The lowest BCUT2D eigenvalue weighted by Gasteiger charge is -2.26. The van der Waals surface area contributed by atoms with Crippen molar-refractivity contribution in [3.63, 3.8) is 0 Å². The number of hydrogen-bond donors (Lipinski definition) is 5. The molecular weight excluding hydrogens is 747 g/mol. The van der Waals surface area contributed by atoms with E-state index in [1.54, 1.807) is 24.3 Å². The molecule has 0 aliphatic carbocycles. The molecular formula is C45H42F2N4O7. The number of amides is 4. The molecule has 298 valence electrons. The number of carbonyl (C=O) groups is 5. The van der Waals surface area contributed by atoms with Gasteiger partial charge in [0.1, 0.15) is 29.9 Å². The Morgan fingerprint density at radius 3 is 1.83 bits per heavy atom. The normalized spacial score (nSPS) is 19.3. The Bertz CT molecular complexity index is 2220. The van der Waals surface area contributed by atoms with Crippen LogP contribution in [0, 0.1) is 11.6 Å². The molecule has 0 fully saturated rings. The van der Waals surface area contributed by atoms with Crippen LogP contribution in [0.1, 0.15) is 28.7 Å². The van der Waals surface area contributed by atoms with E-state index < -0.39 is 72.0 Å². The molecule has 2 bridgehead atoms. The number of benzene rings is 5. The first-order valence-electron chi connectivity index (χ1n) is 18.8. The SMILES string of the molecule is O=C1COc2ccc(cc2)C[C@@H](C(=O)O)NC(=O)[C@@H](CCc2ccccc2)NC(=O)[C@H](Cc2ccc(-c3ccccc3)cc2)NC(=O)[C@@H](Cc2ccc(F)c(F)c2)N1. The summed E-state index contributed by atoms with van der Waals surface area (Å²) in [5.41, 5.74) is 4.14. The van der Waals surface area contributed by atoms with Crippen LogP contribution in [0.15, 0.2) is 127 Å². The van der Waals surface area contributed by atoms with Gasteiger partial charge in [0.25, 0.3) is 5.91 Å². The van der Waals surface area contributed by atoms with Crippen molar-refractivity contribution in [3.05, 3.63) is 161 Å². The summed E-state index contributed by atoms with van der Waals surface area (Å²) in [7, 11) is 0. The number of rotatable bonds is 9. The highest BCUT2D eigenvalue weighted by molar-refractivity contribution is 5.95. The molecule has 0 radical (unpaired) electrons. The van der Waals surface area contributed by atoms with Crippen LogP contribution in [0.2, 0.25) is 0 Å². The summed E-state index contributed by atoms with van der Waals surface area (Å²) < 4.78 is 33.8. The van der Waals surface area contributed by atoms with Crippen LogP contribution in [-0.4, -0.2) is 65.5 Å². The number of aryl methyl sites for hydroxylation is 1. The third-order valence-electron chi connectivity index (χ3n) is 9.75. The van der Waals surface area contributed by atoms with Gasteiger partial charge in [0.15, 0.2) is 18.2 Å². The predicted octanol–water partition coefficient (Wildman–Crippen LogP) is 4.71. The lowest BCUT2D eigenvalue weighted by atomic mass is 9.98. The molecule has 13 heteroatoms. The van der Waals surface area contributed by atoms with Gasteiger partial charge in [0, 0.05) is 19.3 Å². The molecule has 4 atom stereocenters. The van der Waals surface area contributed by atoms with Crippen molar-refractivity contribution in [2.24, 2.45) is 0 Å². The fraction of sp³-hybridized carbons (Fsp3) is 0.222. The van der Waals surface area contributed by atoms with Crippen molar-refractivity contribution in [1.29, 1.82) is 0 Å². The molecule has 5 N–H and O–H groups in total. The third kappa shape index (κ3) is 11.3. The fourth-order valence-corrected chi connectivity index (χ4v) is 6.60. The Hall–Kier alpha value is -6.89. The zero-order valence-electron chi connectivity index (χ0n) is 31.3. The molecule has 11 nitrogen and oxygen atoms in total. The highest BCUT2D eigenvalue weighted by atomic mass is 19.2. The minimum atomic E-state index is -1.38. The van der Waals surface area contributed by atoms with Crippen molar-refractivity contribution in [2.75, 3.05) is 6.61 Å². The molecule has 7 rings (SSSR count). The summed E-state index contributed by atoms with van der Waals surface area (Å²) in [6, 6.07) is 30.3. The third-order valence-corrected chi connectivity index (χ3v) is 9.75. The van der Waals surface area contributed by atoms with Crippen molar-refractivity contribution in [2.45, 2.75) is 56.3 Å². The van der Waals surface area contributed by atoms with Crippen LogP contribution in [0.5, 0.6) is 5.75 Å². The van der Waals surface area contributed by atoms with Gasteiger partial charge in [-0.05, 0) is 70.5 Å². The van der Waals surface area contributed by atoms with Crippen LogP contribution < -0.4 is 26.0 Å². The molecule has 0 unspecified atom stereocenters. The van der Waals surface area contributed by atoms with E-state index in [2.05, 4.69) is 21.3 Å². The van der Waals surface area contributed by atoms with Crippen molar-refractivity contribution in [3.8, 4) is 16.9 Å². The molecule has 2 aliphatic heterocycles. The van der Waals surface area contributed by atoms with Crippen molar-refractivity contribution >= 4 is 29.6 Å². The molecule has 58 heavy (non-hydrogen) atoms. The summed E-state index contributed by atoms with van der Waals surface area (Å²) in [5, 5.41) is 20.8. The number of fused-ring (bicyclic) bond motifs is 16. The lowest BCUT2D eigenvalue weighted by Crippen LogP contribution is -2.59. The summed E-state index contributed by atoms with van der Waals surface area (Å²) in [5.74, 6) is -6.29. The first kappa shape index (κ1) is 40.8. The van der Waals surface area contributed by atoms with Gasteiger partial charge in [-0.3, -0.25) is 19.2 Å². The number of carbonyl (C=O) groups excluding carboxylic acids is 4. The standard InChI is InChI=1S/C45H42F2N4O7/c46-35-21-15-31(23-36(35)47)26-38-43(54)50-39(24-29-11-17-33(18-12-29)32-9-5-2-6-10-32)44(55)49-37(22-16-28-7-3-1-4-8-28)42(53)51-40(45(56)57)25-30-13-19-34(20-14-30)58-27-41(52)48-38/h1-15,17-21,23,37-40H,16,22,24-27H2,(H,48,52)(H,49,55)(H,50,54)(H,51,53)(H,56,57)/t37-,38-,39+,40+/m1/s1. The molecule has 2 heterocycles. The molecule has 0 saturated heterocycles. The highest BCUT2D eigenvalue weighted by Crippen LogP contribution is 2.21. The van der Waals surface area contributed by atoms with E-state index >= 15 is 0 Å². The first-order valence-corrected chi connectivity index (χ1v) is 18.8. The van der Waals surface area contributed by atoms with E-state index in [9.17, 15) is 37.9 Å². The Labute approximate surface area is 333 Å². The summed E-state index contributed by atoms with van der Waals surface area (Å²) in [4.78, 5) is 68.1. The molecule has 0 saturated carbocycles. The quantitative estimate of drug-likeness (QED) is 0.135. The summed E-state index contributed by atoms with van der Waals surface area (Å²) >= 11 is 0. The Kier molecular flexibility index (Phi) is 13.6. The summed E-state index contributed by atoms with van der Waals surface area (Å²) in [6.45, 7) is -0.532. The second-order valence-electron chi connectivity index (χ2n) is 14.0. The Balaban J connectivity index is 1.35. The number of carboxylic acid groups (broad SMARTS) is 1. The van der Waals surface area contributed by atoms with E-state index in [0.717, 1.165) is 28.8 Å². The highest BCUT2D eigenvalue weighted by Gasteiger charge is 2.32. The molecule has 0 aromatic heterocycles. The van der Waals surface area contributed by atoms with Crippen LogP contribution in [0.3, 0.4) is 0 Å². The smallest absolute Gasteiger partial charge is 0.326 e.